The molecule has 12 rings (SSSR count). The molecule has 0 spiro atoms. The van der Waals surface area contributed by atoms with Crippen LogP contribution in [0.1, 0.15) is 23.6 Å². The van der Waals surface area contributed by atoms with E-state index in [2.05, 4.69) is 225 Å². The quantitative estimate of drug-likeness (QED) is 0.160. The van der Waals surface area contributed by atoms with Crippen molar-refractivity contribution in [1.82, 2.24) is 9.97 Å². The maximum atomic E-state index is 5.34. The first-order valence-electron chi connectivity index (χ1n) is 21.5. The number of rotatable bonds is 7. The molecule has 0 N–H and O–H groups in total. The number of hydrogen-bond donors (Lipinski definition) is 0. The van der Waals surface area contributed by atoms with Gasteiger partial charge in [-0.3, -0.25) is 0 Å². The zero-order valence-electron chi connectivity index (χ0n) is 34.7. The Bertz CT molecular complexity index is 3520. The molecule has 3 heteroatoms. The summed E-state index contributed by atoms with van der Waals surface area (Å²) in [7, 11) is 0. The highest BCUT2D eigenvalue weighted by Crippen LogP contribution is 2.53. The third kappa shape index (κ3) is 6.40. The molecule has 0 bridgehead atoms. The number of thiophene rings is 1. The molecule has 1 aliphatic carbocycles. The van der Waals surface area contributed by atoms with Gasteiger partial charge in [0.2, 0.25) is 0 Å². The lowest BCUT2D eigenvalue weighted by atomic mass is 9.74. The van der Waals surface area contributed by atoms with Crippen LogP contribution >= 0.6 is 11.3 Å². The van der Waals surface area contributed by atoms with E-state index in [9.17, 15) is 0 Å². The van der Waals surface area contributed by atoms with Crippen molar-refractivity contribution < 1.29 is 0 Å². The summed E-state index contributed by atoms with van der Waals surface area (Å²) in [5.74, 6) is 0.695. The molecule has 0 saturated heterocycles. The average Bonchev–Trinajstić information content (AvgIpc) is 3.87. The van der Waals surface area contributed by atoms with Gasteiger partial charge in [0.05, 0.1) is 11.4 Å². The molecule has 0 radical (unpaired) electrons. The molecule has 0 aliphatic heterocycles. The second-order valence-electron chi connectivity index (χ2n) is 16.7. The molecule has 1 aliphatic rings. The van der Waals surface area contributed by atoms with E-state index in [1.807, 2.05) is 17.4 Å². The summed E-state index contributed by atoms with van der Waals surface area (Å²) < 4.78 is 2.61. The summed E-state index contributed by atoms with van der Waals surface area (Å²) in [6, 6.07) is 81.3. The molecular formula is C60H40N2S. The van der Waals surface area contributed by atoms with Crippen molar-refractivity contribution in [3.05, 3.63) is 241 Å². The molecule has 2 heterocycles. The number of hydrogen-bond acceptors (Lipinski definition) is 3. The van der Waals surface area contributed by atoms with Crippen LogP contribution in [0.3, 0.4) is 0 Å². The zero-order valence-corrected chi connectivity index (χ0v) is 35.5. The van der Waals surface area contributed by atoms with Crippen LogP contribution in [0.25, 0.3) is 98.6 Å². The van der Waals surface area contributed by atoms with Crippen molar-refractivity contribution >= 4 is 31.5 Å². The summed E-state index contributed by atoms with van der Waals surface area (Å²) >= 11 is 1.85. The van der Waals surface area contributed by atoms with Crippen LogP contribution in [0, 0.1) is 0 Å². The smallest absolute Gasteiger partial charge is 0.160 e. The predicted molar refractivity (Wildman–Crippen MR) is 265 cm³/mol. The lowest BCUT2D eigenvalue weighted by Crippen LogP contribution is -2.22. The zero-order chi connectivity index (χ0) is 41.9. The van der Waals surface area contributed by atoms with Crippen LogP contribution in [0.15, 0.2) is 224 Å². The summed E-state index contributed by atoms with van der Waals surface area (Å²) in [5.41, 5.74) is 18.0. The summed E-state index contributed by atoms with van der Waals surface area (Å²) in [5, 5.41) is 2.59. The molecule has 0 amide bonds. The maximum absolute atomic E-state index is 5.34. The minimum absolute atomic E-state index is 0.299. The Morgan fingerprint density at radius 3 is 1.68 bits per heavy atom. The largest absolute Gasteiger partial charge is 0.228 e. The van der Waals surface area contributed by atoms with E-state index in [1.54, 1.807) is 0 Å². The Labute approximate surface area is 371 Å². The first-order chi connectivity index (χ1) is 31.1. The monoisotopic (exact) mass is 820 g/mol. The Hall–Kier alpha value is -7.72. The fourth-order valence-corrected chi connectivity index (χ4v) is 10.8. The first-order valence-corrected chi connectivity index (χ1v) is 22.4. The van der Waals surface area contributed by atoms with E-state index in [-0.39, 0.29) is 5.41 Å². The van der Waals surface area contributed by atoms with Gasteiger partial charge in [-0.1, -0.05) is 170 Å². The number of nitrogens with zero attached hydrogens (tertiary/aromatic N) is 2. The van der Waals surface area contributed by atoms with Crippen LogP contribution in [0.5, 0.6) is 0 Å². The average molecular weight is 821 g/mol. The van der Waals surface area contributed by atoms with E-state index < -0.39 is 0 Å². The topological polar surface area (TPSA) is 25.8 Å². The summed E-state index contributed by atoms with van der Waals surface area (Å²) in [6.45, 7) is 2.38. The molecule has 2 nitrogen and oxygen atoms in total. The van der Waals surface area contributed by atoms with Crippen molar-refractivity contribution in [2.24, 2.45) is 0 Å². The second-order valence-corrected chi connectivity index (χ2v) is 17.8. The Morgan fingerprint density at radius 2 is 0.873 bits per heavy atom. The normalized spacial score (nSPS) is 14.2. The predicted octanol–water partition coefficient (Wildman–Crippen LogP) is 16.2. The lowest BCUT2D eigenvalue weighted by molar-refractivity contribution is 0.714. The Morgan fingerprint density at radius 1 is 0.333 bits per heavy atom. The van der Waals surface area contributed by atoms with Crippen molar-refractivity contribution in [1.29, 1.82) is 0 Å². The van der Waals surface area contributed by atoms with Gasteiger partial charge < -0.3 is 0 Å². The van der Waals surface area contributed by atoms with E-state index in [4.69, 9.17) is 9.97 Å². The van der Waals surface area contributed by atoms with Crippen LogP contribution in [0.2, 0.25) is 0 Å². The van der Waals surface area contributed by atoms with Crippen molar-refractivity contribution in [2.75, 3.05) is 0 Å². The summed E-state index contributed by atoms with van der Waals surface area (Å²) in [4.78, 5) is 10.6. The standard InChI is InChI=1S/C60H40N2S/c1-60(48-22-9-4-10-23-48)53-26-13-11-24-49(53)50-30-28-43(37-54(50)60)46-33-45(39-16-5-2-6-17-39)34-47(35-46)56-38-55(61-59(62-56)40-18-7-3-8-19-40)44-21-15-20-41(32-44)42-29-31-58-52(36-42)51-25-12-14-27-57(51)63-58/h2-38H,1H3. The molecular weight excluding hydrogens is 781 g/mol. The van der Waals surface area contributed by atoms with Gasteiger partial charge in [-0.25, -0.2) is 9.97 Å². The van der Waals surface area contributed by atoms with Gasteiger partial charge in [0.15, 0.2) is 5.82 Å². The van der Waals surface area contributed by atoms with E-state index >= 15 is 0 Å². The fourth-order valence-electron chi connectivity index (χ4n) is 9.72. The van der Waals surface area contributed by atoms with Gasteiger partial charge in [-0.05, 0) is 123 Å². The number of aromatic nitrogens is 2. The molecule has 2 aromatic heterocycles. The van der Waals surface area contributed by atoms with Gasteiger partial charge in [0.25, 0.3) is 0 Å². The highest BCUT2D eigenvalue weighted by Gasteiger charge is 2.40. The third-order valence-electron chi connectivity index (χ3n) is 13.0. The highest BCUT2D eigenvalue weighted by atomic mass is 32.1. The van der Waals surface area contributed by atoms with Crippen molar-refractivity contribution in [3.8, 4) is 78.4 Å². The van der Waals surface area contributed by atoms with Gasteiger partial charge in [-0.15, -0.1) is 11.3 Å². The van der Waals surface area contributed by atoms with Gasteiger partial charge in [0, 0.05) is 42.3 Å². The molecule has 0 fully saturated rings. The number of benzene rings is 9. The SMILES string of the molecule is CC1(c2ccccc2)c2ccccc2-c2ccc(-c3cc(-c4ccccc4)cc(-c4cc(-c5cccc(-c6ccc7sc8ccccc8c7c6)c5)nc(-c5ccccc5)n4)c3)cc21. The molecule has 296 valence electrons. The van der Waals surface area contributed by atoms with Crippen LogP contribution in [0.4, 0.5) is 0 Å². The van der Waals surface area contributed by atoms with Gasteiger partial charge in [0.1, 0.15) is 0 Å². The molecule has 63 heavy (non-hydrogen) atoms. The van der Waals surface area contributed by atoms with E-state index in [1.165, 1.54) is 59.1 Å². The fraction of sp³-hybridized carbons (Fsp3) is 0.0333. The minimum atomic E-state index is -0.299. The van der Waals surface area contributed by atoms with Crippen LogP contribution in [-0.4, -0.2) is 9.97 Å². The molecule has 1 atom stereocenters. The Balaban J connectivity index is 1.02. The molecule has 0 saturated carbocycles. The van der Waals surface area contributed by atoms with Gasteiger partial charge >= 0.3 is 0 Å². The van der Waals surface area contributed by atoms with E-state index in [0.29, 0.717) is 5.82 Å². The van der Waals surface area contributed by atoms with E-state index in [0.717, 1.165) is 50.3 Å². The third-order valence-corrected chi connectivity index (χ3v) is 14.1. The van der Waals surface area contributed by atoms with Gasteiger partial charge in [-0.2, -0.15) is 0 Å². The van der Waals surface area contributed by atoms with Crippen molar-refractivity contribution in [3.63, 3.8) is 0 Å². The number of fused-ring (bicyclic) bond motifs is 6. The minimum Gasteiger partial charge on any atom is -0.228 e. The van der Waals surface area contributed by atoms with Crippen molar-refractivity contribution in [2.45, 2.75) is 12.3 Å². The molecule has 11 aromatic rings. The second kappa shape index (κ2) is 15.0. The Kier molecular flexibility index (Phi) is 8.84. The molecule has 9 aromatic carbocycles. The summed E-state index contributed by atoms with van der Waals surface area (Å²) in [6.07, 6.45) is 0. The van der Waals surface area contributed by atoms with Crippen LogP contribution < -0.4 is 0 Å². The first kappa shape index (κ1) is 37.1. The molecule has 1 unspecified atom stereocenters. The maximum Gasteiger partial charge on any atom is 0.160 e. The lowest BCUT2D eigenvalue weighted by Gasteiger charge is -2.28. The van der Waals surface area contributed by atoms with Crippen LogP contribution in [-0.2, 0) is 5.41 Å². The highest BCUT2D eigenvalue weighted by molar-refractivity contribution is 7.25.